The van der Waals surface area contributed by atoms with Crippen molar-refractivity contribution in [3.8, 4) is 28.7 Å². The minimum atomic E-state index is -0.686. The Balaban J connectivity index is 2.01. The van der Waals surface area contributed by atoms with Crippen molar-refractivity contribution >= 4 is 35.7 Å². The number of hydrogen-bond donors (Lipinski definition) is 0. The fourth-order valence-electron chi connectivity index (χ4n) is 2.95. The van der Waals surface area contributed by atoms with Gasteiger partial charge in [-0.3, -0.25) is 24.0 Å². The van der Waals surface area contributed by atoms with Gasteiger partial charge in [0.1, 0.15) is 22.8 Å². The van der Waals surface area contributed by atoms with E-state index in [1.54, 1.807) is 0 Å². The zero-order chi connectivity index (χ0) is 24.3. The molecule has 0 amide bonds. The van der Waals surface area contributed by atoms with Gasteiger partial charge in [-0.25, -0.2) is 0 Å². The number of esters is 4. The molecule has 170 valence electrons. The molecular formula is C23H18O10. The van der Waals surface area contributed by atoms with Crippen LogP contribution in [0, 0.1) is 0 Å². The van der Waals surface area contributed by atoms with Gasteiger partial charge >= 0.3 is 23.9 Å². The summed E-state index contributed by atoms with van der Waals surface area (Å²) in [6.07, 6.45) is 1.36. The topological polar surface area (TPSA) is 132 Å². The average molecular weight is 454 g/mol. The number of ketones is 1. The first-order chi connectivity index (χ1) is 15.5. The summed E-state index contributed by atoms with van der Waals surface area (Å²) in [6, 6.07) is 6.83. The van der Waals surface area contributed by atoms with Crippen molar-refractivity contribution < 1.29 is 47.7 Å². The second-order valence-electron chi connectivity index (χ2n) is 6.82. The predicted molar refractivity (Wildman–Crippen MR) is 111 cm³/mol. The van der Waals surface area contributed by atoms with E-state index in [1.165, 1.54) is 57.2 Å². The molecular weight excluding hydrogens is 436 g/mol. The van der Waals surface area contributed by atoms with Crippen molar-refractivity contribution in [3.63, 3.8) is 0 Å². The van der Waals surface area contributed by atoms with E-state index in [-0.39, 0.29) is 40.1 Å². The van der Waals surface area contributed by atoms with Crippen molar-refractivity contribution in [3.05, 3.63) is 47.2 Å². The van der Waals surface area contributed by atoms with Gasteiger partial charge in [-0.05, 0) is 23.8 Å². The first-order valence-electron chi connectivity index (χ1n) is 9.53. The zero-order valence-corrected chi connectivity index (χ0v) is 18.0. The molecule has 0 fully saturated rings. The van der Waals surface area contributed by atoms with Gasteiger partial charge in [-0.1, -0.05) is 6.07 Å². The minimum absolute atomic E-state index is 0.0185. The van der Waals surface area contributed by atoms with Gasteiger partial charge in [0.15, 0.2) is 17.3 Å². The molecule has 2 aromatic carbocycles. The lowest BCUT2D eigenvalue weighted by atomic mass is 10.1. The Kier molecular flexibility index (Phi) is 6.57. The Morgan fingerprint density at radius 2 is 1.30 bits per heavy atom. The summed E-state index contributed by atoms with van der Waals surface area (Å²) in [4.78, 5) is 58.4. The Morgan fingerprint density at radius 1 is 0.727 bits per heavy atom. The molecule has 0 bridgehead atoms. The number of allylic oxidation sites excluding steroid dienone is 1. The molecule has 1 aliphatic heterocycles. The molecule has 0 spiro atoms. The fraction of sp³-hybridized carbons (Fsp3) is 0.174. The van der Waals surface area contributed by atoms with E-state index in [2.05, 4.69) is 0 Å². The number of Topliss-reactive ketones (excluding diaryl/α,β-unsaturated/α-hetero) is 1. The fourth-order valence-corrected chi connectivity index (χ4v) is 2.95. The van der Waals surface area contributed by atoms with Crippen molar-refractivity contribution in [1.29, 1.82) is 0 Å². The molecule has 10 nitrogen and oxygen atoms in total. The van der Waals surface area contributed by atoms with E-state index < -0.39 is 29.7 Å². The molecule has 10 heteroatoms. The molecule has 0 radical (unpaired) electrons. The third-order valence-corrected chi connectivity index (χ3v) is 4.00. The second kappa shape index (κ2) is 9.35. The summed E-state index contributed by atoms with van der Waals surface area (Å²) < 4.78 is 25.8. The van der Waals surface area contributed by atoms with E-state index >= 15 is 0 Å². The van der Waals surface area contributed by atoms with E-state index in [4.69, 9.17) is 23.7 Å². The Labute approximate surface area is 187 Å². The predicted octanol–water partition coefficient (Wildman–Crippen LogP) is 3.00. The number of fused-ring (bicyclic) bond motifs is 1. The maximum absolute atomic E-state index is 13.0. The minimum Gasteiger partial charge on any atom is -0.452 e. The summed E-state index contributed by atoms with van der Waals surface area (Å²) >= 11 is 0. The van der Waals surface area contributed by atoms with Crippen LogP contribution in [0.2, 0.25) is 0 Å². The number of rotatable bonds is 5. The molecule has 0 saturated heterocycles. The molecule has 0 atom stereocenters. The number of benzene rings is 2. The SMILES string of the molecule is CC(=O)Oc1cc(OC(C)=O)c2c(c1)OC(=Cc1ccc(OC(C)=O)c(OC(C)=O)c1)C2=O. The van der Waals surface area contributed by atoms with Crippen LogP contribution in [-0.2, 0) is 19.2 Å². The standard InChI is InChI=1S/C23H18O10/c1-11(24)29-16-9-19(32-14(4)27)22-20(10-16)33-21(23(22)28)8-15-5-6-17(30-12(2)25)18(7-15)31-13(3)26/h5-10H,1-4H3. The van der Waals surface area contributed by atoms with Gasteiger partial charge in [-0.2, -0.15) is 0 Å². The third-order valence-electron chi connectivity index (χ3n) is 4.00. The maximum atomic E-state index is 13.0. The summed E-state index contributed by atoms with van der Waals surface area (Å²) in [7, 11) is 0. The second-order valence-corrected chi connectivity index (χ2v) is 6.82. The Bertz CT molecular complexity index is 1220. The highest BCUT2D eigenvalue weighted by Crippen LogP contribution is 2.42. The maximum Gasteiger partial charge on any atom is 0.308 e. The lowest BCUT2D eigenvalue weighted by Crippen LogP contribution is -2.08. The van der Waals surface area contributed by atoms with E-state index in [1.807, 2.05) is 0 Å². The van der Waals surface area contributed by atoms with Crippen molar-refractivity contribution in [2.45, 2.75) is 27.7 Å². The van der Waals surface area contributed by atoms with Gasteiger partial charge in [0, 0.05) is 39.8 Å². The average Bonchev–Trinajstić information content (AvgIpc) is 2.97. The van der Waals surface area contributed by atoms with Gasteiger partial charge < -0.3 is 23.7 Å². The summed E-state index contributed by atoms with van der Waals surface area (Å²) in [5, 5.41) is 0. The molecule has 2 aromatic rings. The highest BCUT2D eigenvalue weighted by atomic mass is 16.6. The largest absolute Gasteiger partial charge is 0.452 e. The smallest absolute Gasteiger partial charge is 0.308 e. The van der Waals surface area contributed by atoms with Crippen molar-refractivity contribution in [1.82, 2.24) is 0 Å². The monoisotopic (exact) mass is 454 g/mol. The lowest BCUT2D eigenvalue weighted by Gasteiger charge is -2.09. The van der Waals surface area contributed by atoms with Crippen LogP contribution in [0.25, 0.3) is 6.08 Å². The molecule has 0 N–H and O–H groups in total. The van der Waals surface area contributed by atoms with Crippen LogP contribution in [0.5, 0.6) is 28.7 Å². The summed E-state index contributed by atoms with van der Waals surface area (Å²) in [6.45, 7) is 4.72. The lowest BCUT2D eigenvalue weighted by molar-refractivity contribution is -0.134. The third kappa shape index (κ3) is 5.62. The van der Waals surface area contributed by atoms with Crippen LogP contribution in [0.4, 0.5) is 0 Å². The van der Waals surface area contributed by atoms with Gasteiger partial charge in [-0.15, -0.1) is 0 Å². The molecule has 0 aliphatic carbocycles. The van der Waals surface area contributed by atoms with Crippen LogP contribution in [0.15, 0.2) is 36.1 Å². The quantitative estimate of drug-likeness (QED) is 0.377. The zero-order valence-electron chi connectivity index (χ0n) is 18.0. The molecule has 1 heterocycles. The highest BCUT2D eigenvalue weighted by Gasteiger charge is 2.33. The van der Waals surface area contributed by atoms with Crippen LogP contribution in [0.1, 0.15) is 43.6 Å². The van der Waals surface area contributed by atoms with Crippen LogP contribution in [-0.4, -0.2) is 29.7 Å². The van der Waals surface area contributed by atoms with Gasteiger partial charge in [0.05, 0.1) is 0 Å². The molecule has 3 rings (SSSR count). The molecule has 0 unspecified atom stereocenters. The normalized spacial score (nSPS) is 13.1. The molecule has 0 saturated carbocycles. The molecule has 0 aromatic heterocycles. The number of carbonyl (C=O) groups is 5. The van der Waals surface area contributed by atoms with Crippen molar-refractivity contribution in [2.24, 2.45) is 0 Å². The molecule has 33 heavy (non-hydrogen) atoms. The number of carbonyl (C=O) groups excluding carboxylic acids is 5. The van der Waals surface area contributed by atoms with Crippen LogP contribution >= 0.6 is 0 Å². The van der Waals surface area contributed by atoms with Gasteiger partial charge in [0.2, 0.25) is 5.78 Å². The van der Waals surface area contributed by atoms with E-state index in [9.17, 15) is 24.0 Å². The number of hydrogen-bond acceptors (Lipinski definition) is 10. The van der Waals surface area contributed by atoms with Crippen LogP contribution < -0.4 is 23.7 Å². The summed E-state index contributed by atoms with van der Waals surface area (Å²) in [5.74, 6) is -3.37. The Morgan fingerprint density at radius 3 is 1.91 bits per heavy atom. The molecule has 1 aliphatic rings. The van der Waals surface area contributed by atoms with Gasteiger partial charge in [0.25, 0.3) is 0 Å². The van der Waals surface area contributed by atoms with Crippen LogP contribution in [0.3, 0.4) is 0 Å². The highest BCUT2D eigenvalue weighted by molar-refractivity contribution is 6.16. The van der Waals surface area contributed by atoms with Crippen molar-refractivity contribution in [2.75, 3.05) is 0 Å². The first kappa shape index (κ1) is 23.2. The first-order valence-corrected chi connectivity index (χ1v) is 9.53. The van der Waals surface area contributed by atoms with E-state index in [0.717, 1.165) is 6.92 Å². The van der Waals surface area contributed by atoms with E-state index in [0.29, 0.717) is 5.56 Å². The number of ether oxygens (including phenoxy) is 5. The Hall–Kier alpha value is -4.47. The summed E-state index contributed by atoms with van der Waals surface area (Å²) in [5.41, 5.74) is 0.358.